The molecule has 94 valence electrons. The SMILES string of the molecule is Cc1cnc(=O)n(CCn2cc(N)ccc2=O)c1. The molecule has 2 rings (SSSR count). The lowest BCUT2D eigenvalue weighted by Crippen LogP contribution is -2.27. The molecule has 0 atom stereocenters. The van der Waals surface area contributed by atoms with Gasteiger partial charge < -0.3 is 10.3 Å². The lowest BCUT2D eigenvalue weighted by Gasteiger charge is -2.08. The van der Waals surface area contributed by atoms with E-state index < -0.39 is 0 Å². The fourth-order valence-electron chi connectivity index (χ4n) is 1.67. The number of nitrogen functional groups attached to an aromatic ring is 1. The molecule has 0 aliphatic heterocycles. The van der Waals surface area contributed by atoms with Crippen LogP contribution < -0.4 is 17.0 Å². The molecular weight excluding hydrogens is 232 g/mol. The number of anilines is 1. The van der Waals surface area contributed by atoms with Gasteiger partial charge in [0, 0.05) is 43.4 Å². The van der Waals surface area contributed by atoms with Gasteiger partial charge in [-0.05, 0) is 18.6 Å². The van der Waals surface area contributed by atoms with Crippen LogP contribution in [0, 0.1) is 6.92 Å². The van der Waals surface area contributed by atoms with Crippen LogP contribution in [0.2, 0.25) is 0 Å². The zero-order chi connectivity index (χ0) is 13.1. The smallest absolute Gasteiger partial charge is 0.347 e. The van der Waals surface area contributed by atoms with Gasteiger partial charge >= 0.3 is 5.69 Å². The van der Waals surface area contributed by atoms with Crippen molar-refractivity contribution in [2.45, 2.75) is 20.0 Å². The summed E-state index contributed by atoms with van der Waals surface area (Å²) in [5.41, 5.74) is 6.56. The van der Waals surface area contributed by atoms with Gasteiger partial charge in [-0.25, -0.2) is 9.78 Å². The van der Waals surface area contributed by atoms with Crippen LogP contribution in [0.4, 0.5) is 5.69 Å². The lowest BCUT2D eigenvalue weighted by molar-refractivity contribution is 0.543. The van der Waals surface area contributed by atoms with Crippen LogP contribution in [-0.4, -0.2) is 14.1 Å². The van der Waals surface area contributed by atoms with E-state index in [-0.39, 0.29) is 11.2 Å². The van der Waals surface area contributed by atoms with Gasteiger partial charge in [-0.3, -0.25) is 9.36 Å². The Kier molecular flexibility index (Phi) is 3.27. The third-order valence-electron chi connectivity index (χ3n) is 2.57. The molecule has 2 aromatic heterocycles. The average molecular weight is 246 g/mol. The predicted molar refractivity (Wildman–Crippen MR) is 68.3 cm³/mol. The fraction of sp³-hybridized carbons (Fsp3) is 0.250. The second kappa shape index (κ2) is 4.87. The molecule has 6 heteroatoms. The summed E-state index contributed by atoms with van der Waals surface area (Å²) >= 11 is 0. The number of nitrogens with two attached hydrogens (primary N) is 1. The average Bonchev–Trinajstić information content (AvgIpc) is 2.34. The largest absolute Gasteiger partial charge is 0.398 e. The monoisotopic (exact) mass is 246 g/mol. The second-order valence-electron chi connectivity index (χ2n) is 4.10. The summed E-state index contributed by atoms with van der Waals surface area (Å²) in [6.07, 6.45) is 4.80. The first-order valence-electron chi connectivity index (χ1n) is 5.55. The first kappa shape index (κ1) is 12.1. The molecule has 0 amide bonds. The summed E-state index contributed by atoms with van der Waals surface area (Å²) in [4.78, 5) is 26.8. The third kappa shape index (κ3) is 2.65. The highest BCUT2D eigenvalue weighted by atomic mass is 16.1. The zero-order valence-corrected chi connectivity index (χ0v) is 10.0. The summed E-state index contributed by atoms with van der Waals surface area (Å²) in [6.45, 7) is 2.63. The van der Waals surface area contributed by atoms with E-state index in [9.17, 15) is 9.59 Å². The van der Waals surface area contributed by atoms with Crippen LogP contribution in [0.15, 0.2) is 40.3 Å². The Balaban J connectivity index is 2.21. The molecule has 0 unspecified atom stereocenters. The van der Waals surface area contributed by atoms with E-state index in [4.69, 9.17) is 5.73 Å². The van der Waals surface area contributed by atoms with Gasteiger partial charge in [0.1, 0.15) is 0 Å². The highest BCUT2D eigenvalue weighted by molar-refractivity contribution is 5.33. The molecule has 0 saturated carbocycles. The van der Waals surface area contributed by atoms with Crippen LogP contribution in [0.25, 0.3) is 0 Å². The third-order valence-corrected chi connectivity index (χ3v) is 2.57. The molecule has 0 aliphatic rings. The molecule has 2 heterocycles. The molecule has 0 bridgehead atoms. The molecule has 6 nitrogen and oxygen atoms in total. The van der Waals surface area contributed by atoms with E-state index in [0.717, 1.165) is 5.56 Å². The summed E-state index contributed by atoms with van der Waals surface area (Å²) in [5, 5.41) is 0. The zero-order valence-electron chi connectivity index (χ0n) is 10.0. The van der Waals surface area contributed by atoms with Gasteiger partial charge in [0.2, 0.25) is 0 Å². The van der Waals surface area contributed by atoms with E-state index in [1.54, 1.807) is 18.5 Å². The number of rotatable bonds is 3. The van der Waals surface area contributed by atoms with Crippen molar-refractivity contribution >= 4 is 5.69 Å². The lowest BCUT2D eigenvalue weighted by atomic mass is 10.4. The fourth-order valence-corrected chi connectivity index (χ4v) is 1.67. The summed E-state index contributed by atoms with van der Waals surface area (Å²) in [6, 6.07) is 2.96. The Morgan fingerprint density at radius 2 is 1.89 bits per heavy atom. The highest BCUT2D eigenvalue weighted by Gasteiger charge is 2.00. The number of aryl methyl sites for hydroxylation is 3. The molecule has 18 heavy (non-hydrogen) atoms. The van der Waals surface area contributed by atoms with E-state index in [1.165, 1.54) is 21.4 Å². The minimum atomic E-state index is -0.322. The van der Waals surface area contributed by atoms with Crippen molar-refractivity contribution in [3.05, 3.63) is 57.1 Å². The van der Waals surface area contributed by atoms with Gasteiger partial charge in [0.25, 0.3) is 5.56 Å². The van der Waals surface area contributed by atoms with Gasteiger partial charge in [-0.2, -0.15) is 0 Å². The number of hydrogen-bond acceptors (Lipinski definition) is 4. The summed E-state index contributed by atoms with van der Waals surface area (Å²) in [5.74, 6) is 0. The highest BCUT2D eigenvalue weighted by Crippen LogP contribution is 1.97. The van der Waals surface area contributed by atoms with Crippen molar-refractivity contribution in [1.82, 2.24) is 14.1 Å². The van der Waals surface area contributed by atoms with Gasteiger partial charge in [-0.15, -0.1) is 0 Å². The van der Waals surface area contributed by atoms with Crippen LogP contribution in [0.3, 0.4) is 0 Å². The topological polar surface area (TPSA) is 82.9 Å². The Bertz CT molecular complexity index is 613. The number of pyridine rings is 1. The van der Waals surface area contributed by atoms with E-state index in [2.05, 4.69) is 4.98 Å². The maximum atomic E-state index is 11.5. The van der Waals surface area contributed by atoms with Crippen molar-refractivity contribution < 1.29 is 0 Å². The summed E-state index contributed by atoms with van der Waals surface area (Å²) in [7, 11) is 0. The minimum Gasteiger partial charge on any atom is -0.398 e. The van der Waals surface area contributed by atoms with Gasteiger partial charge in [0.15, 0.2) is 0 Å². The van der Waals surface area contributed by atoms with Crippen LogP contribution >= 0.6 is 0 Å². The molecule has 0 spiro atoms. The van der Waals surface area contributed by atoms with Crippen molar-refractivity contribution in [2.24, 2.45) is 0 Å². The predicted octanol–water partition coefficient (Wildman–Crippen LogP) is -0.00418. The Labute approximate surface area is 103 Å². The van der Waals surface area contributed by atoms with Crippen LogP contribution in [0.5, 0.6) is 0 Å². The Morgan fingerprint density at radius 1 is 1.17 bits per heavy atom. The number of nitrogens with zero attached hydrogens (tertiary/aromatic N) is 3. The maximum Gasteiger partial charge on any atom is 0.347 e. The second-order valence-corrected chi connectivity index (χ2v) is 4.10. The maximum absolute atomic E-state index is 11.5. The molecule has 0 saturated heterocycles. The van der Waals surface area contributed by atoms with E-state index in [1.807, 2.05) is 6.92 Å². The standard InChI is InChI=1S/C12H14N4O2/c1-9-6-14-12(18)16(7-9)5-4-15-8-10(13)2-3-11(15)17/h2-3,6-8H,4-5,13H2,1H3. The van der Waals surface area contributed by atoms with Crippen molar-refractivity contribution in [3.8, 4) is 0 Å². The molecule has 0 aliphatic carbocycles. The van der Waals surface area contributed by atoms with E-state index >= 15 is 0 Å². The number of hydrogen-bond donors (Lipinski definition) is 1. The van der Waals surface area contributed by atoms with Crippen molar-refractivity contribution in [1.29, 1.82) is 0 Å². The Morgan fingerprint density at radius 3 is 2.67 bits per heavy atom. The normalized spacial score (nSPS) is 10.5. The molecule has 0 aromatic carbocycles. The van der Waals surface area contributed by atoms with Gasteiger partial charge in [-0.1, -0.05) is 0 Å². The van der Waals surface area contributed by atoms with Crippen LogP contribution in [-0.2, 0) is 13.1 Å². The molecule has 0 radical (unpaired) electrons. The van der Waals surface area contributed by atoms with Crippen molar-refractivity contribution in [2.75, 3.05) is 5.73 Å². The van der Waals surface area contributed by atoms with Gasteiger partial charge in [0.05, 0.1) is 0 Å². The summed E-state index contributed by atoms with van der Waals surface area (Å²) < 4.78 is 2.95. The van der Waals surface area contributed by atoms with Crippen molar-refractivity contribution in [3.63, 3.8) is 0 Å². The molecular formula is C12H14N4O2. The number of aromatic nitrogens is 3. The van der Waals surface area contributed by atoms with Crippen LogP contribution in [0.1, 0.15) is 5.56 Å². The minimum absolute atomic E-state index is 0.141. The quantitative estimate of drug-likeness (QED) is 0.826. The molecule has 2 aromatic rings. The first-order chi connectivity index (χ1) is 8.56. The van der Waals surface area contributed by atoms with E-state index in [0.29, 0.717) is 18.8 Å². The Hall–Kier alpha value is -2.37. The molecule has 2 N–H and O–H groups in total. The molecule has 0 fully saturated rings. The first-order valence-corrected chi connectivity index (χ1v) is 5.55.